The molecule has 2 aromatic rings. The molecule has 0 spiro atoms. The molecule has 3 heteroatoms. The summed E-state index contributed by atoms with van der Waals surface area (Å²) < 4.78 is 5.54. The number of hydrogen-bond donors (Lipinski definition) is 0. The van der Waals surface area contributed by atoms with Gasteiger partial charge in [0.25, 0.3) is 0 Å². The third-order valence-electron chi connectivity index (χ3n) is 6.32. The SMILES string of the molecule is CCCCCCCCCC(=O)c1ccc2c(c1)CCC(C(=O)OCc1ccccc1)C2. The van der Waals surface area contributed by atoms with Gasteiger partial charge in [-0.25, -0.2) is 0 Å². The molecular formula is C28H36O3. The van der Waals surface area contributed by atoms with Crippen molar-refractivity contribution in [2.24, 2.45) is 5.92 Å². The molecule has 0 amide bonds. The minimum atomic E-state index is -0.117. The topological polar surface area (TPSA) is 43.4 Å². The van der Waals surface area contributed by atoms with Crippen LogP contribution in [0.4, 0.5) is 0 Å². The number of benzene rings is 2. The fourth-order valence-corrected chi connectivity index (χ4v) is 4.36. The lowest BCUT2D eigenvalue weighted by Crippen LogP contribution is -2.24. The lowest BCUT2D eigenvalue weighted by Gasteiger charge is -2.23. The van der Waals surface area contributed by atoms with E-state index in [1.54, 1.807) is 0 Å². The Kier molecular flexibility index (Phi) is 9.33. The molecule has 0 aromatic heterocycles. The highest BCUT2D eigenvalue weighted by molar-refractivity contribution is 5.96. The first-order chi connectivity index (χ1) is 15.2. The molecule has 3 rings (SSSR count). The number of ketones is 1. The number of rotatable bonds is 12. The maximum absolute atomic E-state index is 12.6. The zero-order valence-corrected chi connectivity index (χ0v) is 18.9. The van der Waals surface area contributed by atoms with Gasteiger partial charge in [-0.05, 0) is 48.4 Å². The van der Waals surface area contributed by atoms with Crippen LogP contribution in [-0.2, 0) is 29.0 Å². The van der Waals surface area contributed by atoms with Crippen LogP contribution < -0.4 is 0 Å². The van der Waals surface area contributed by atoms with Gasteiger partial charge in [-0.1, -0.05) is 87.9 Å². The molecule has 0 heterocycles. The van der Waals surface area contributed by atoms with Gasteiger partial charge < -0.3 is 4.74 Å². The van der Waals surface area contributed by atoms with Gasteiger partial charge in [0.15, 0.2) is 5.78 Å². The maximum atomic E-state index is 12.6. The van der Waals surface area contributed by atoms with Crippen LogP contribution in [0, 0.1) is 5.92 Å². The highest BCUT2D eigenvalue weighted by Crippen LogP contribution is 2.28. The van der Waals surface area contributed by atoms with Crippen LogP contribution in [0.2, 0.25) is 0 Å². The molecule has 3 nitrogen and oxygen atoms in total. The minimum Gasteiger partial charge on any atom is -0.461 e. The van der Waals surface area contributed by atoms with E-state index in [0.717, 1.165) is 36.8 Å². The number of hydrogen-bond acceptors (Lipinski definition) is 3. The lowest BCUT2D eigenvalue weighted by atomic mass is 9.82. The van der Waals surface area contributed by atoms with Crippen LogP contribution >= 0.6 is 0 Å². The second-order valence-corrected chi connectivity index (χ2v) is 8.81. The van der Waals surface area contributed by atoms with Crippen molar-refractivity contribution in [2.75, 3.05) is 0 Å². The molecule has 0 bridgehead atoms. The first-order valence-corrected chi connectivity index (χ1v) is 12.0. The average Bonchev–Trinajstić information content (AvgIpc) is 2.81. The summed E-state index contributed by atoms with van der Waals surface area (Å²) in [5.74, 6) is 0.0415. The number of aryl methyl sites for hydroxylation is 1. The van der Waals surface area contributed by atoms with Gasteiger partial charge in [0.05, 0.1) is 5.92 Å². The summed E-state index contributed by atoms with van der Waals surface area (Å²) in [6.07, 6.45) is 11.5. The highest BCUT2D eigenvalue weighted by atomic mass is 16.5. The molecule has 0 fully saturated rings. The zero-order valence-electron chi connectivity index (χ0n) is 18.9. The van der Waals surface area contributed by atoms with Gasteiger partial charge >= 0.3 is 5.97 Å². The number of carbonyl (C=O) groups is 2. The van der Waals surface area contributed by atoms with Gasteiger partial charge in [-0.2, -0.15) is 0 Å². The molecule has 0 saturated carbocycles. The molecule has 0 aliphatic heterocycles. The van der Waals surface area contributed by atoms with E-state index >= 15 is 0 Å². The first kappa shape index (κ1) is 23.2. The quantitative estimate of drug-likeness (QED) is 0.214. The van der Waals surface area contributed by atoms with Gasteiger partial charge in [0.2, 0.25) is 0 Å². The molecule has 166 valence electrons. The predicted molar refractivity (Wildman–Crippen MR) is 125 cm³/mol. The Hall–Kier alpha value is -2.42. The predicted octanol–water partition coefficient (Wildman–Crippen LogP) is 6.86. The zero-order chi connectivity index (χ0) is 21.9. The monoisotopic (exact) mass is 420 g/mol. The van der Waals surface area contributed by atoms with Gasteiger partial charge in [-0.3, -0.25) is 9.59 Å². The number of esters is 1. The molecule has 0 N–H and O–H groups in total. The molecule has 1 atom stereocenters. The molecule has 31 heavy (non-hydrogen) atoms. The van der Waals surface area contributed by atoms with Crippen molar-refractivity contribution in [3.8, 4) is 0 Å². The standard InChI is InChI=1S/C28H36O3/c1-2-3-4-5-6-7-11-14-27(29)25-17-15-24-20-26(18-16-23(24)19-25)28(30)31-21-22-12-9-8-10-13-22/h8-10,12-13,15,17,19,26H,2-7,11,14,16,18,20-21H2,1H3. The Morgan fingerprint density at radius 1 is 0.903 bits per heavy atom. The Bertz CT molecular complexity index is 841. The Balaban J connectivity index is 1.44. The number of ether oxygens (including phenoxy) is 1. The fraction of sp³-hybridized carbons (Fsp3) is 0.500. The number of Topliss-reactive ketones (excluding diaryl/α,β-unsaturated/α-hetero) is 1. The van der Waals surface area contributed by atoms with Crippen LogP contribution in [0.5, 0.6) is 0 Å². The van der Waals surface area contributed by atoms with E-state index in [-0.39, 0.29) is 17.7 Å². The number of fused-ring (bicyclic) bond motifs is 1. The van der Waals surface area contributed by atoms with E-state index in [2.05, 4.69) is 13.0 Å². The van der Waals surface area contributed by atoms with E-state index in [9.17, 15) is 9.59 Å². The van der Waals surface area contributed by atoms with Gasteiger partial charge in [0.1, 0.15) is 6.61 Å². The lowest BCUT2D eigenvalue weighted by molar-refractivity contribution is -0.150. The van der Waals surface area contributed by atoms with E-state index in [1.165, 1.54) is 43.2 Å². The molecule has 1 aliphatic carbocycles. The number of unbranched alkanes of at least 4 members (excludes halogenated alkanes) is 6. The summed E-state index contributed by atoms with van der Waals surface area (Å²) in [5.41, 5.74) is 4.24. The van der Waals surface area contributed by atoms with E-state index in [4.69, 9.17) is 4.74 Å². The largest absolute Gasteiger partial charge is 0.461 e. The molecule has 1 unspecified atom stereocenters. The first-order valence-electron chi connectivity index (χ1n) is 12.0. The molecular weight excluding hydrogens is 384 g/mol. The van der Waals surface area contributed by atoms with Crippen molar-refractivity contribution in [1.29, 1.82) is 0 Å². The van der Waals surface area contributed by atoms with Crippen molar-refractivity contribution in [3.05, 3.63) is 70.8 Å². The van der Waals surface area contributed by atoms with E-state index < -0.39 is 0 Å². The van der Waals surface area contributed by atoms with Crippen molar-refractivity contribution < 1.29 is 14.3 Å². The highest BCUT2D eigenvalue weighted by Gasteiger charge is 2.26. The second-order valence-electron chi connectivity index (χ2n) is 8.81. The van der Waals surface area contributed by atoms with E-state index in [1.807, 2.05) is 42.5 Å². The van der Waals surface area contributed by atoms with E-state index in [0.29, 0.717) is 19.4 Å². The maximum Gasteiger partial charge on any atom is 0.309 e. The van der Waals surface area contributed by atoms with Gasteiger partial charge in [-0.15, -0.1) is 0 Å². The molecule has 0 saturated heterocycles. The minimum absolute atomic E-state index is 0.0922. The molecule has 0 radical (unpaired) electrons. The van der Waals surface area contributed by atoms with Crippen molar-refractivity contribution >= 4 is 11.8 Å². The summed E-state index contributed by atoms with van der Waals surface area (Å²) in [6.45, 7) is 2.56. The van der Waals surface area contributed by atoms with Crippen LogP contribution in [-0.4, -0.2) is 11.8 Å². The fourth-order valence-electron chi connectivity index (χ4n) is 4.36. The normalized spacial score (nSPS) is 15.3. The van der Waals surface area contributed by atoms with Crippen LogP contribution in [0.15, 0.2) is 48.5 Å². The van der Waals surface area contributed by atoms with Gasteiger partial charge in [0, 0.05) is 12.0 Å². The summed E-state index contributed by atoms with van der Waals surface area (Å²) in [5, 5.41) is 0. The smallest absolute Gasteiger partial charge is 0.309 e. The summed E-state index contributed by atoms with van der Waals surface area (Å²) in [7, 11) is 0. The Morgan fingerprint density at radius 2 is 1.65 bits per heavy atom. The van der Waals surface area contributed by atoms with Crippen LogP contribution in [0.1, 0.15) is 91.8 Å². The Labute approximate surface area is 187 Å². The van der Waals surface area contributed by atoms with Crippen molar-refractivity contribution in [2.45, 2.75) is 84.2 Å². The Morgan fingerprint density at radius 3 is 2.42 bits per heavy atom. The van der Waals surface area contributed by atoms with Crippen molar-refractivity contribution in [3.63, 3.8) is 0 Å². The molecule has 2 aromatic carbocycles. The third kappa shape index (κ3) is 7.34. The van der Waals surface area contributed by atoms with Crippen molar-refractivity contribution in [1.82, 2.24) is 0 Å². The summed E-state index contributed by atoms with van der Waals surface area (Å²) in [6, 6.07) is 15.8. The molecule has 1 aliphatic rings. The summed E-state index contributed by atoms with van der Waals surface area (Å²) in [4.78, 5) is 25.1. The van der Waals surface area contributed by atoms with Crippen LogP contribution in [0.3, 0.4) is 0 Å². The number of carbonyl (C=O) groups excluding carboxylic acids is 2. The average molecular weight is 421 g/mol. The second kappa shape index (κ2) is 12.4. The van der Waals surface area contributed by atoms with Crippen LogP contribution in [0.25, 0.3) is 0 Å². The third-order valence-corrected chi connectivity index (χ3v) is 6.32. The summed E-state index contributed by atoms with van der Waals surface area (Å²) >= 11 is 0.